The first kappa shape index (κ1) is 26.2. The first-order chi connectivity index (χ1) is 15.3. The van der Waals surface area contributed by atoms with Crippen LogP contribution in [-0.4, -0.2) is 46.4 Å². The Morgan fingerprint density at radius 3 is 2.91 bits per heavy atom. The minimum Gasteiger partial charge on any atom is -0.493 e. The number of hydrogen-bond acceptors (Lipinski definition) is 6. The maximum absolute atomic E-state index is 11.6. The van der Waals surface area contributed by atoms with Crippen LogP contribution in [0.15, 0.2) is 54.3 Å². The number of allylic oxidation sites excluding steroid dienone is 1. The van der Waals surface area contributed by atoms with E-state index in [0.29, 0.717) is 29.9 Å². The largest absolute Gasteiger partial charge is 0.493 e. The second kappa shape index (κ2) is 13.5. The molecule has 3 atom stereocenters. The molecule has 2 rings (SSSR count). The van der Waals surface area contributed by atoms with Crippen LogP contribution in [0.2, 0.25) is 5.02 Å². The van der Waals surface area contributed by atoms with Crippen LogP contribution < -0.4 is 4.74 Å². The van der Waals surface area contributed by atoms with Gasteiger partial charge in [0, 0.05) is 5.02 Å². The van der Waals surface area contributed by atoms with Crippen LogP contribution in [0.1, 0.15) is 45.4 Å². The molecule has 1 fully saturated rings. The molecule has 1 aliphatic rings. The molecule has 176 valence electrons. The molecule has 32 heavy (non-hydrogen) atoms. The SMILES string of the molecule is CCCOC(=O)C(O)(O)C(O)C=C=CC[C@H]1CCC[C@@H]1/C=C/CCOc1cccc(Cl)c1. The van der Waals surface area contributed by atoms with Crippen LogP contribution in [0.5, 0.6) is 5.75 Å². The lowest BCUT2D eigenvalue weighted by Gasteiger charge is -2.22. The maximum atomic E-state index is 11.6. The second-order valence-corrected chi connectivity index (χ2v) is 8.39. The summed E-state index contributed by atoms with van der Waals surface area (Å²) in [6, 6.07) is 7.34. The van der Waals surface area contributed by atoms with Crippen LogP contribution in [0, 0.1) is 11.8 Å². The van der Waals surface area contributed by atoms with E-state index in [1.54, 1.807) is 19.1 Å². The number of halogens is 1. The summed E-state index contributed by atoms with van der Waals surface area (Å²) in [6.45, 7) is 2.42. The van der Waals surface area contributed by atoms with Gasteiger partial charge in [0.25, 0.3) is 5.79 Å². The number of esters is 1. The summed E-state index contributed by atoms with van der Waals surface area (Å²) in [6.07, 6.45) is 10.9. The van der Waals surface area contributed by atoms with Crippen molar-refractivity contribution in [3.63, 3.8) is 0 Å². The summed E-state index contributed by atoms with van der Waals surface area (Å²) < 4.78 is 10.4. The number of aliphatic hydroxyl groups excluding tert-OH is 1. The van der Waals surface area contributed by atoms with Crippen LogP contribution in [-0.2, 0) is 9.53 Å². The van der Waals surface area contributed by atoms with E-state index in [1.807, 2.05) is 18.2 Å². The van der Waals surface area contributed by atoms with Crippen molar-refractivity contribution in [2.45, 2.75) is 57.3 Å². The van der Waals surface area contributed by atoms with Crippen molar-refractivity contribution >= 4 is 17.6 Å². The molecule has 0 aliphatic heterocycles. The fourth-order valence-electron chi connectivity index (χ4n) is 3.60. The van der Waals surface area contributed by atoms with E-state index < -0.39 is 17.9 Å². The number of carbonyl (C=O) groups is 1. The van der Waals surface area contributed by atoms with Crippen molar-refractivity contribution < 1.29 is 29.6 Å². The predicted octanol–water partition coefficient (Wildman–Crippen LogP) is 4.18. The molecule has 1 aromatic rings. The minimum absolute atomic E-state index is 0.0529. The molecule has 0 radical (unpaired) electrons. The standard InChI is InChI=1S/C25H33ClO6/c1-2-16-32-24(28)25(29,30)23(27)15-4-3-9-19-11-7-12-20(19)10-5-6-17-31-22-14-8-13-21(26)18-22/h3,5,8,10,13-15,18-20,23,27,29-30H,2,6-7,9,11-12,16-17H2,1H3/b10-5+/t4?,19-,20-,23?/m0/s1. The fourth-order valence-corrected chi connectivity index (χ4v) is 3.78. The zero-order chi connectivity index (χ0) is 23.4. The van der Waals surface area contributed by atoms with Crippen molar-refractivity contribution in [2.75, 3.05) is 13.2 Å². The smallest absolute Gasteiger partial charge is 0.369 e. The Morgan fingerprint density at radius 1 is 1.34 bits per heavy atom. The summed E-state index contributed by atoms with van der Waals surface area (Å²) in [4.78, 5) is 11.6. The molecule has 1 aromatic carbocycles. The molecule has 1 saturated carbocycles. The van der Waals surface area contributed by atoms with E-state index in [9.17, 15) is 20.1 Å². The number of ether oxygens (including phenoxy) is 2. The molecule has 0 bridgehead atoms. The quantitative estimate of drug-likeness (QED) is 0.141. The molecule has 1 unspecified atom stereocenters. The molecule has 0 amide bonds. The minimum atomic E-state index is -2.98. The Kier molecular flexibility index (Phi) is 11.0. The molecule has 0 spiro atoms. The van der Waals surface area contributed by atoms with Gasteiger partial charge in [0.2, 0.25) is 0 Å². The summed E-state index contributed by atoms with van der Waals surface area (Å²) in [5, 5.41) is 30.1. The summed E-state index contributed by atoms with van der Waals surface area (Å²) in [7, 11) is 0. The molecule has 3 N–H and O–H groups in total. The number of carbonyl (C=O) groups excluding carboxylic acids is 1. The van der Waals surface area contributed by atoms with Crippen molar-refractivity contribution in [1.82, 2.24) is 0 Å². The van der Waals surface area contributed by atoms with Gasteiger partial charge in [0.1, 0.15) is 11.9 Å². The topological polar surface area (TPSA) is 96.2 Å². The zero-order valence-corrected chi connectivity index (χ0v) is 19.2. The van der Waals surface area contributed by atoms with Gasteiger partial charge in [-0.25, -0.2) is 4.79 Å². The summed E-state index contributed by atoms with van der Waals surface area (Å²) in [5.74, 6) is -2.58. The molecular weight excluding hydrogens is 432 g/mol. The van der Waals surface area contributed by atoms with Crippen molar-refractivity contribution in [3.8, 4) is 5.75 Å². The third-order valence-corrected chi connectivity index (χ3v) is 5.63. The number of aliphatic hydroxyl groups is 3. The first-order valence-corrected chi connectivity index (χ1v) is 11.5. The Hall–Kier alpha value is -2.08. The molecule has 6 nitrogen and oxygen atoms in total. The van der Waals surface area contributed by atoms with E-state index >= 15 is 0 Å². The third kappa shape index (κ3) is 8.45. The van der Waals surface area contributed by atoms with Gasteiger partial charge in [-0.15, -0.1) is 5.73 Å². The predicted molar refractivity (Wildman–Crippen MR) is 123 cm³/mol. The zero-order valence-electron chi connectivity index (χ0n) is 18.5. The Bertz CT molecular complexity index is 812. The van der Waals surface area contributed by atoms with Gasteiger partial charge in [0.05, 0.1) is 13.2 Å². The highest BCUT2D eigenvalue weighted by molar-refractivity contribution is 6.30. The van der Waals surface area contributed by atoms with Gasteiger partial charge < -0.3 is 24.8 Å². The van der Waals surface area contributed by atoms with E-state index in [2.05, 4.69) is 22.6 Å². The number of rotatable bonds is 12. The summed E-state index contributed by atoms with van der Waals surface area (Å²) >= 11 is 5.95. The summed E-state index contributed by atoms with van der Waals surface area (Å²) in [5.41, 5.74) is 2.77. The average molecular weight is 465 g/mol. The fraction of sp³-hybridized carbons (Fsp3) is 0.520. The van der Waals surface area contributed by atoms with Gasteiger partial charge in [-0.3, -0.25) is 0 Å². The highest BCUT2D eigenvalue weighted by Crippen LogP contribution is 2.35. The molecule has 0 heterocycles. The molecular formula is C25H33ClO6. The maximum Gasteiger partial charge on any atom is 0.369 e. The van der Waals surface area contributed by atoms with Crippen LogP contribution in [0.4, 0.5) is 0 Å². The van der Waals surface area contributed by atoms with Gasteiger partial charge >= 0.3 is 5.97 Å². The Labute approximate surface area is 194 Å². The van der Waals surface area contributed by atoms with E-state index in [4.69, 9.17) is 16.3 Å². The van der Waals surface area contributed by atoms with Crippen molar-refractivity contribution in [2.24, 2.45) is 11.8 Å². The van der Waals surface area contributed by atoms with Crippen LogP contribution in [0.25, 0.3) is 0 Å². The first-order valence-electron chi connectivity index (χ1n) is 11.1. The van der Waals surface area contributed by atoms with Crippen LogP contribution in [0.3, 0.4) is 0 Å². The highest BCUT2D eigenvalue weighted by Gasteiger charge is 2.42. The monoisotopic (exact) mass is 464 g/mol. The Balaban J connectivity index is 1.77. The van der Waals surface area contributed by atoms with E-state index in [0.717, 1.165) is 43.9 Å². The number of hydrogen-bond donors (Lipinski definition) is 3. The Morgan fingerprint density at radius 2 is 2.16 bits per heavy atom. The normalized spacial score (nSPS) is 19.4. The van der Waals surface area contributed by atoms with Gasteiger partial charge in [0.15, 0.2) is 0 Å². The molecule has 0 saturated heterocycles. The average Bonchev–Trinajstić information content (AvgIpc) is 3.21. The lowest BCUT2D eigenvalue weighted by molar-refractivity contribution is -0.232. The van der Waals surface area contributed by atoms with Gasteiger partial charge in [-0.05, 0) is 74.3 Å². The van der Waals surface area contributed by atoms with E-state index in [1.165, 1.54) is 0 Å². The lowest BCUT2D eigenvalue weighted by atomic mass is 9.92. The lowest BCUT2D eigenvalue weighted by Crippen LogP contribution is -2.49. The molecule has 0 aromatic heterocycles. The number of benzene rings is 1. The third-order valence-electron chi connectivity index (χ3n) is 5.39. The van der Waals surface area contributed by atoms with Crippen LogP contribution >= 0.6 is 11.6 Å². The molecule has 1 aliphatic carbocycles. The van der Waals surface area contributed by atoms with E-state index in [-0.39, 0.29) is 6.61 Å². The second-order valence-electron chi connectivity index (χ2n) is 7.96. The van der Waals surface area contributed by atoms with Gasteiger partial charge in [-0.2, -0.15) is 0 Å². The van der Waals surface area contributed by atoms with Gasteiger partial charge in [-0.1, -0.05) is 43.2 Å². The van der Waals surface area contributed by atoms with Crippen molar-refractivity contribution in [3.05, 3.63) is 59.3 Å². The van der Waals surface area contributed by atoms with Crippen molar-refractivity contribution in [1.29, 1.82) is 0 Å². The highest BCUT2D eigenvalue weighted by atomic mass is 35.5. The molecule has 7 heteroatoms.